The lowest BCUT2D eigenvalue weighted by Crippen LogP contribution is -2.26. The van der Waals surface area contributed by atoms with E-state index in [0.717, 1.165) is 17.3 Å². The van der Waals surface area contributed by atoms with Crippen LogP contribution in [0.25, 0.3) is 10.9 Å². The minimum absolute atomic E-state index is 0.155. The topological polar surface area (TPSA) is 19.0 Å². The third-order valence-electron chi connectivity index (χ3n) is 3.86. The molecule has 1 aromatic heterocycles. The molecule has 1 saturated heterocycles. The number of nitrogens with zero attached hydrogens (tertiary/aromatic N) is 1. The van der Waals surface area contributed by atoms with Gasteiger partial charge in [0.2, 0.25) is 0 Å². The number of likely N-dealkylation sites (tertiary alicyclic amines) is 1. The van der Waals surface area contributed by atoms with Crippen LogP contribution in [-0.2, 0) is 6.42 Å². The number of likely N-dealkylation sites (N-methyl/N-ethyl adjacent to an activating group) is 1. The molecule has 3 rings (SSSR count). The second-order valence-electron chi connectivity index (χ2n) is 4.98. The Morgan fingerprint density at radius 3 is 3.12 bits per heavy atom. The van der Waals surface area contributed by atoms with Crippen LogP contribution in [0, 0.1) is 5.82 Å². The van der Waals surface area contributed by atoms with Gasteiger partial charge in [0.1, 0.15) is 5.82 Å². The molecule has 2 heterocycles. The fourth-order valence-electron chi connectivity index (χ4n) is 2.81. The predicted octanol–water partition coefficient (Wildman–Crippen LogP) is 2.94. The maximum atomic E-state index is 13.3. The van der Waals surface area contributed by atoms with Gasteiger partial charge in [0.15, 0.2) is 0 Å². The van der Waals surface area contributed by atoms with Gasteiger partial charge in [-0.15, -0.1) is 0 Å². The summed E-state index contributed by atoms with van der Waals surface area (Å²) in [7, 11) is 2.17. The van der Waals surface area contributed by atoms with E-state index in [2.05, 4.69) is 16.9 Å². The Morgan fingerprint density at radius 2 is 2.35 bits per heavy atom. The lowest BCUT2D eigenvalue weighted by molar-refractivity contribution is 0.310. The highest BCUT2D eigenvalue weighted by Gasteiger charge is 2.22. The highest BCUT2D eigenvalue weighted by molar-refractivity contribution is 5.83. The average Bonchev–Trinajstić information content (AvgIpc) is 2.88. The first-order chi connectivity index (χ1) is 8.24. The Balaban J connectivity index is 1.92. The summed E-state index contributed by atoms with van der Waals surface area (Å²) in [6, 6.07) is 5.56. The molecule has 1 aliphatic heterocycles. The van der Waals surface area contributed by atoms with E-state index in [1.165, 1.54) is 31.0 Å². The maximum absolute atomic E-state index is 13.3. The molecule has 0 unspecified atom stereocenters. The fourth-order valence-corrected chi connectivity index (χ4v) is 2.81. The van der Waals surface area contributed by atoms with Crippen LogP contribution in [0.3, 0.4) is 0 Å². The van der Waals surface area contributed by atoms with Crippen molar-refractivity contribution in [2.45, 2.75) is 25.3 Å². The zero-order valence-electron chi connectivity index (χ0n) is 10.0. The molecule has 1 aromatic carbocycles. The molecule has 1 atom stereocenters. The number of H-pyrrole nitrogens is 1. The third kappa shape index (κ3) is 1.95. The Labute approximate surface area is 100 Å². The van der Waals surface area contributed by atoms with Crippen LogP contribution in [0.5, 0.6) is 0 Å². The van der Waals surface area contributed by atoms with Crippen molar-refractivity contribution in [1.29, 1.82) is 0 Å². The van der Waals surface area contributed by atoms with Gasteiger partial charge in [-0.05, 0) is 56.6 Å². The summed E-state index contributed by atoms with van der Waals surface area (Å²) in [5.41, 5.74) is 2.26. The minimum Gasteiger partial charge on any atom is -0.361 e. The number of hydrogen-bond donors (Lipinski definition) is 1. The highest BCUT2D eigenvalue weighted by Crippen LogP contribution is 2.25. The third-order valence-corrected chi connectivity index (χ3v) is 3.86. The summed E-state index contributed by atoms with van der Waals surface area (Å²) in [6.45, 7) is 1.18. The Morgan fingerprint density at radius 1 is 1.47 bits per heavy atom. The van der Waals surface area contributed by atoms with Gasteiger partial charge < -0.3 is 9.88 Å². The summed E-state index contributed by atoms with van der Waals surface area (Å²) < 4.78 is 13.3. The van der Waals surface area contributed by atoms with Crippen LogP contribution in [-0.4, -0.2) is 29.5 Å². The van der Waals surface area contributed by atoms with E-state index in [1.807, 2.05) is 12.3 Å². The molecular weight excluding hydrogens is 215 g/mol. The Kier molecular flexibility index (Phi) is 2.63. The fraction of sp³-hybridized carbons (Fsp3) is 0.429. The summed E-state index contributed by atoms with van der Waals surface area (Å²) in [4.78, 5) is 5.62. The summed E-state index contributed by atoms with van der Waals surface area (Å²) in [5, 5.41) is 1.03. The van der Waals surface area contributed by atoms with Crippen molar-refractivity contribution in [3.8, 4) is 0 Å². The van der Waals surface area contributed by atoms with Gasteiger partial charge in [-0.3, -0.25) is 0 Å². The Bertz CT molecular complexity index is 532. The lowest BCUT2D eigenvalue weighted by Gasteiger charge is -2.18. The van der Waals surface area contributed by atoms with Crippen molar-refractivity contribution in [1.82, 2.24) is 9.88 Å². The molecule has 1 aliphatic rings. The van der Waals surface area contributed by atoms with Crippen molar-refractivity contribution in [3.63, 3.8) is 0 Å². The molecule has 0 bridgehead atoms. The van der Waals surface area contributed by atoms with Crippen molar-refractivity contribution < 1.29 is 4.39 Å². The minimum atomic E-state index is -0.155. The molecule has 1 fully saturated rings. The van der Waals surface area contributed by atoms with Crippen LogP contribution in [0.4, 0.5) is 4.39 Å². The monoisotopic (exact) mass is 232 g/mol. The van der Waals surface area contributed by atoms with Gasteiger partial charge in [0.25, 0.3) is 0 Å². The van der Waals surface area contributed by atoms with E-state index in [0.29, 0.717) is 6.04 Å². The molecule has 0 aliphatic carbocycles. The zero-order valence-corrected chi connectivity index (χ0v) is 10.0. The molecule has 0 amide bonds. The number of aromatic amines is 1. The number of halogens is 1. The van der Waals surface area contributed by atoms with E-state index >= 15 is 0 Å². The number of fused-ring (bicyclic) bond motifs is 1. The van der Waals surface area contributed by atoms with Gasteiger partial charge in [0, 0.05) is 23.1 Å². The molecule has 0 spiro atoms. The lowest BCUT2D eigenvalue weighted by atomic mass is 10.0. The number of rotatable bonds is 2. The Hall–Kier alpha value is -1.35. The second kappa shape index (κ2) is 4.15. The smallest absolute Gasteiger partial charge is 0.123 e. The second-order valence-corrected chi connectivity index (χ2v) is 4.98. The predicted molar refractivity (Wildman–Crippen MR) is 67.6 cm³/mol. The number of nitrogens with one attached hydrogen (secondary N) is 1. The van der Waals surface area contributed by atoms with Crippen molar-refractivity contribution in [2.24, 2.45) is 0 Å². The number of aromatic nitrogens is 1. The van der Waals surface area contributed by atoms with Crippen LogP contribution in [0.2, 0.25) is 0 Å². The summed E-state index contributed by atoms with van der Waals surface area (Å²) >= 11 is 0. The van der Waals surface area contributed by atoms with Gasteiger partial charge in [-0.25, -0.2) is 4.39 Å². The molecule has 2 aromatic rings. The quantitative estimate of drug-likeness (QED) is 0.843. The van der Waals surface area contributed by atoms with E-state index in [9.17, 15) is 4.39 Å². The van der Waals surface area contributed by atoms with Crippen molar-refractivity contribution in [2.75, 3.05) is 13.6 Å². The average molecular weight is 232 g/mol. The SMILES string of the molecule is CN1CCC[C@@H]1Cc1c[nH]c2ccc(F)cc12. The molecule has 1 N–H and O–H groups in total. The first-order valence-corrected chi connectivity index (χ1v) is 6.20. The van der Waals surface area contributed by atoms with E-state index in [1.54, 1.807) is 6.07 Å². The molecule has 2 nitrogen and oxygen atoms in total. The van der Waals surface area contributed by atoms with Crippen LogP contribution < -0.4 is 0 Å². The summed E-state index contributed by atoms with van der Waals surface area (Å²) in [6.07, 6.45) is 5.56. The first kappa shape index (κ1) is 10.8. The highest BCUT2D eigenvalue weighted by atomic mass is 19.1. The van der Waals surface area contributed by atoms with Crippen molar-refractivity contribution in [3.05, 3.63) is 35.8 Å². The van der Waals surface area contributed by atoms with E-state index in [-0.39, 0.29) is 5.82 Å². The number of hydrogen-bond acceptors (Lipinski definition) is 1. The maximum Gasteiger partial charge on any atom is 0.123 e. The summed E-state index contributed by atoms with van der Waals surface area (Å²) in [5.74, 6) is -0.155. The van der Waals surface area contributed by atoms with Gasteiger partial charge in [-0.1, -0.05) is 0 Å². The van der Waals surface area contributed by atoms with Crippen molar-refractivity contribution >= 4 is 10.9 Å². The molecule has 0 saturated carbocycles. The normalized spacial score (nSPS) is 21.4. The standard InChI is InChI=1S/C14H17FN2/c1-17-6-2-3-12(17)7-10-9-16-14-5-4-11(15)8-13(10)14/h4-5,8-9,12,16H,2-3,6-7H2,1H3/t12-/m1/s1. The van der Waals surface area contributed by atoms with Gasteiger partial charge >= 0.3 is 0 Å². The zero-order chi connectivity index (χ0) is 11.8. The number of benzene rings is 1. The van der Waals surface area contributed by atoms with E-state index in [4.69, 9.17) is 0 Å². The van der Waals surface area contributed by atoms with Gasteiger partial charge in [0.05, 0.1) is 0 Å². The van der Waals surface area contributed by atoms with Gasteiger partial charge in [-0.2, -0.15) is 0 Å². The molecule has 0 radical (unpaired) electrons. The first-order valence-electron chi connectivity index (χ1n) is 6.20. The van der Waals surface area contributed by atoms with Crippen LogP contribution >= 0.6 is 0 Å². The molecule has 3 heteroatoms. The molecule has 90 valence electrons. The van der Waals surface area contributed by atoms with Crippen LogP contribution in [0.1, 0.15) is 18.4 Å². The van der Waals surface area contributed by atoms with Crippen LogP contribution in [0.15, 0.2) is 24.4 Å². The van der Waals surface area contributed by atoms with E-state index < -0.39 is 0 Å². The molecule has 17 heavy (non-hydrogen) atoms. The largest absolute Gasteiger partial charge is 0.361 e. The molecular formula is C14H17FN2.